The number of hydrogen-bond acceptors (Lipinski definition) is 4. The number of aliphatic hydroxyl groups is 1. The highest BCUT2D eigenvalue weighted by atomic mass is 16.3. The second kappa shape index (κ2) is 7.02. The summed E-state index contributed by atoms with van der Waals surface area (Å²) in [6.45, 7) is 0.603. The predicted octanol–water partition coefficient (Wildman–Crippen LogP) is 0.791. The number of para-hydroxylation sites is 1. The fourth-order valence-corrected chi connectivity index (χ4v) is 1.99. The largest absolute Gasteiger partial charge is 0.395 e. The molecule has 20 heavy (non-hydrogen) atoms. The molecule has 6 heteroatoms. The lowest BCUT2D eigenvalue weighted by molar-refractivity contribution is -0.121. The molecule has 0 atom stereocenters. The summed E-state index contributed by atoms with van der Waals surface area (Å²) in [4.78, 5) is 25.3. The monoisotopic (exact) mass is 277 g/mol. The van der Waals surface area contributed by atoms with Crippen molar-refractivity contribution in [2.45, 2.75) is 18.9 Å². The van der Waals surface area contributed by atoms with E-state index in [0.717, 1.165) is 12.8 Å². The third-order valence-corrected chi connectivity index (χ3v) is 3.08. The Labute approximate surface area is 117 Å². The maximum atomic E-state index is 11.8. The number of benzene rings is 1. The van der Waals surface area contributed by atoms with Gasteiger partial charge in [0.25, 0.3) is 0 Å². The average molecular weight is 277 g/mol. The van der Waals surface area contributed by atoms with Gasteiger partial charge in [0.1, 0.15) is 0 Å². The average Bonchev–Trinajstić information content (AvgIpc) is 3.23. The summed E-state index contributed by atoms with van der Waals surface area (Å²) in [5, 5.41) is 13.8. The van der Waals surface area contributed by atoms with Gasteiger partial charge in [-0.3, -0.25) is 15.0 Å². The number of nitrogens with zero attached hydrogens (tertiary/aromatic N) is 1. The Balaban J connectivity index is 1.77. The molecule has 0 heterocycles. The molecule has 0 aliphatic heterocycles. The number of nitrogens with one attached hydrogen (secondary N) is 2. The topological polar surface area (TPSA) is 81.7 Å². The van der Waals surface area contributed by atoms with E-state index in [1.165, 1.54) is 0 Å². The smallest absolute Gasteiger partial charge is 0.325 e. The Morgan fingerprint density at radius 2 is 1.95 bits per heavy atom. The predicted molar refractivity (Wildman–Crippen MR) is 75.3 cm³/mol. The van der Waals surface area contributed by atoms with E-state index in [9.17, 15) is 9.59 Å². The van der Waals surface area contributed by atoms with Crippen molar-refractivity contribution in [2.75, 3.05) is 25.0 Å². The summed E-state index contributed by atoms with van der Waals surface area (Å²) in [7, 11) is 0. The maximum Gasteiger partial charge on any atom is 0.325 e. The number of hydrogen-bond donors (Lipinski definition) is 3. The van der Waals surface area contributed by atoms with Crippen molar-refractivity contribution in [3.8, 4) is 0 Å². The lowest BCUT2D eigenvalue weighted by Gasteiger charge is -2.19. The quantitative estimate of drug-likeness (QED) is 0.718. The standard InChI is InChI=1S/C14H19N3O3/c18-9-8-17(12-6-7-12)10-13(19)16-14(20)15-11-4-2-1-3-5-11/h1-5,12,18H,6-10H2,(H2,15,16,19,20). The van der Waals surface area contributed by atoms with Crippen LogP contribution in [0.1, 0.15) is 12.8 Å². The van der Waals surface area contributed by atoms with Crippen LogP contribution in [0, 0.1) is 0 Å². The molecule has 3 N–H and O–H groups in total. The van der Waals surface area contributed by atoms with Crippen LogP contribution in [-0.4, -0.2) is 47.7 Å². The molecule has 0 saturated heterocycles. The first-order valence-electron chi connectivity index (χ1n) is 6.70. The minimum Gasteiger partial charge on any atom is -0.395 e. The number of rotatable bonds is 6. The van der Waals surface area contributed by atoms with Gasteiger partial charge in [-0.25, -0.2) is 4.79 Å². The van der Waals surface area contributed by atoms with Crippen molar-refractivity contribution in [1.82, 2.24) is 10.2 Å². The van der Waals surface area contributed by atoms with Gasteiger partial charge < -0.3 is 10.4 Å². The molecule has 1 aliphatic rings. The van der Waals surface area contributed by atoms with E-state index in [1.807, 2.05) is 11.0 Å². The van der Waals surface area contributed by atoms with E-state index in [4.69, 9.17) is 5.11 Å². The zero-order chi connectivity index (χ0) is 14.4. The third-order valence-electron chi connectivity index (χ3n) is 3.08. The molecule has 0 radical (unpaired) electrons. The van der Waals surface area contributed by atoms with Gasteiger partial charge in [-0.1, -0.05) is 18.2 Å². The Kier molecular flexibility index (Phi) is 5.09. The zero-order valence-corrected chi connectivity index (χ0v) is 11.2. The van der Waals surface area contributed by atoms with Gasteiger partial charge in [-0.2, -0.15) is 0 Å². The fraction of sp³-hybridized carbons (Fsp3) is 0.429. The Bertz CT molecular complexity index is 460. The number of imide groups is 1. The summed E-state index contributed by atoms with van der Waals surface area (Å²) in [6, 6.07) is 8.75. The molecule has 0 aromatic heterocycles. The zero-order valence-electron chi connectivity index (χ0n) is 11.2. The van der Waals surface area contributed by atoms with Crippen molar-refractivity contribution in [3.63, 3.8) is 0 Å². The molecular formula is C14H19N3O3. The van der Waals surface area contributed by atoms with Crippen molar-refractivity contribution < 1.29 is 14.7 Å². The molecule has 6 nitrogen and oxygen atoms in total. The number of aliphatic hydroxyl groups excluding tert-OH is 1. The molecule has 1 fully saturated rings. The number of carbonyl (C=O) groups is 2. The van der Waals surface area contributed by atoms with Gasteiger partial charge in [0.2, 0.25) is 5.91 Å². The minimum absolute atomic E-state index is 0.0139. The SMILES string of the molecule is O=C(CN(CCO)C1CC1)NC(=O)Nc1ccccc1. The van der Waals surface area contributed by atoms with Crippen molar-refractivity contribution in [1.29, 1.82) is 0 Å². The molecule has 1 aliphatic carbocycles. The van der Waals surface area contributed by atoms with E-state index in [0.29, 0.717) is 18.3 Å². The van der Waals surface area contributed by atoms with Gasteiger partial charge in [0.05, 0.1) is 13.2 Å². The minimum atomic E-state index is -0.541. The van der Waals surface area contributed by atoms with E-state index >= 15 is 0 Å². The van der Waals surface area contributed by atoms with E-state index in [-0.39, 0.29) is 19.1 Å². The number of urea groups is 1. The summed E-state index contributed by atoms with van der Waals surface area (Å²) in [5.74, 6) is -0.362. The van der Waals surface area contributed by atoms with Crippen LogP contribution >= 0.6 is 0 Å². The van der Waals surface area contributed by atoms with Gasteiger partial charge >= 0.3 is 6.03 Å². The fourth-order valence-electron chi connectivity index (χ4n) is 1.99. The lowest BCUT2D eigenvalue weighted by atomic mass is 10.3. The van der Waals surface area contributed by atoms with Gasteiger partial charge in [-0.15, -0.1) is 0 Å². The first-order valence-corrected chi connectivity index (χ1v) is 6.70. The molecule has 2 rings (SSSR count). The Morgan fingerprint density at radius 1 is 1.25 bits per heavy atom. The molecule has 1 aromatic carbocycles. The normalized spacial score (nSPS) is 14.1. The molecule has 1 saturated carbocycles. The molecule has 3 amide bonds. The van der Waals surface area contributed by atoms with Crippen LogP contribution in [0.2, 0.25) is 0 Å². The molecule has 1 aromatic rings. The van der Waals surface area contributed by atoms with Crippen LogP contribution in [0.25, 0.3) is 0 Å². The van der Waals surface area contributed by atoms with Gasteiger partial charge in [0, 0.05) is 18.3 Å². The summed E-state index contributed by atoms with van der Waals surface area (Å²) in [5.41, 5.74) is 0.632. The maximum absolute atomic E-state index is 11.8. The van der Waals surface area contributed by atoms with E-state index < -0.39 is 6.03 Å². The summed E-state index contributed by atoms with van der Waals surface area (Å²) in [6.07, 6.45) is 2.09. The highest BCUT2D eigenvalue weighted by molar-refractivity contribution is 6.01. The summed E-state index contributed by atoms with van der Waals surface area (Å²) >= 11 is 0. The second-order valence-corrected chi connectivity index (χ2v) is 4.79. The number of carbonyl (C=O) groups excluding carboxylic acids is 2. The molecular weight excluding hydrogens is 258 g/mol. The van der Waals surface area contributed by atoms with Crippen LogP contribution in [0.15, 0.2) is 30.3 Å². The van der Waals surface area contributed by atoms with Crippen molar-refractivity contribution in [3.05, 3.63) is 30.3 Å². The van der Waals surface area contributed by atoms with Crippen molar-refractivity contribution >= 4 is 17.6 Å². The highest BCUT2D eigenvalue weighted by Gasteiger charge is 2.30. The molecule has 0 spiro atoms. The number of amides is 3. The van der Waals surface area contributed by atoms with Crippen LogP contribution in [0.5, 0.6) is 0 Å². The third kappa shape index (κ3) is 4.64. The molecule has 0 unspecified atom stereocenters. The van der Waals surface area contributed by atoms with Crippen LogP contribution < -0.4 is 10.6 Å². The van der Waals surface area contributed by atoms with Crippen LogP contribution in [0.3, 0.4) is 0 Å². The van der Waals surface area contributed by atoms with Gasteiger partial charge in [-0.05, 0) is 25.0 Å². The lowest BCUT2D eigenvalue weighted by Crippen LogP contribution is -2.43. The van der Waals surface area contributed by atoms with Crippen molar-refractivity contribution in [2.24, 2.45) is 0 Å². The first kappa shape index (κ1) is 14.5. The molecule has 0 bridgehead atoms. The Hall–Kier alpha value is -1.92. The van der Waals surface area contributed by atoms with Crippen LogP contribution in [0.4, 0.5) is 10.5 Å². The molecule has 108 valence electrons. The second-order valence-electron chi connectivity index (χ2n) is 4.79. The van der Waals surface area contributed by atoms with Crippen LogP contribution in [-0.2, 0) is 4.79 Å². The first-order chi connectivity index (χ1) is 9.69. The van der Waals surface area contributed by atoms with E-state index in [2.05, 4.69) is 10.6 Å². The highest BCUT2D eigenvalue weighted by Crippen LogP contribution is 2.25. The van der Waals surface area contributed by atoms with E-state index in [1.54, 1.807) is 24.3 Å². The number of anilines is 1. The summed E-state index contributed by atoms with van der Waals surface area (Å²) < 4.78 is 0. The van der Waals surface area contributed by atoms with Gasteiger partial charge in [0.15, 0.2) is 0 Å². The Morgan fingerprint density at radius 3 is 2.55 bits per heavy atom.